The van der Waals surface area contributed by atoms with Gasteiger partial charge in [-0.15, -0.1) is 0 Å². The molecule has 0 aliphatic rings. The summed E-state index contributed by atoms with van der Waals surface area (Å²) in [5.41, 5.74) is 5.67. The first-order valence-electron chi connectivity index (χ1n) is 11.0. The van der Waals surface area contributed by atoms with Crippen LogP contribution in [0.2, 0.25) is 0 Å². The van der Waals surface area contributed by atoms with Gasteiger partial charge in [0.05, 0.1) is 29.3 Å². The Labute approximate surface area is 192 Å². The summed E-state index contributed by atoms with van der Waals surface area (Å²) in [6, 6.07) is 18.5. The number of rotatable bonds is 7. The summed E-state index contributed by atoms with van der Waals surface area (Å²) in [6.45, 7) is 4.03. The zero-order valence-electron chi connectivity index (χ0n) is 19.0. The SMILES string of the molecule is CCCCc1cc(-n2c(C)nc3cccc(C(=O)OC)c32)ccc1-c1ccccc1C(=O)O. The number of aromatic carboxylic acids is 1. The number of hydrogen-bond donors (Lipinski definition) is 1. The number of aryl methyl sites for hydroxylation is 2. The van der Waals surface area contributed by atoms with Gasteiger partial charge in [-0.25, -0.2) is 14.6 Å². The van der Waals surface area contributed by atoms with E-state index in [0.717, 1.165) is 41.9 Å². The molecule has 0 fully saturated rings. The van der Waals surface area contributed by atoms with Crippen molar-refractivity contribution in [3.05, 3.63) is 83.2 Å². The molecule has 0 radical (unpaired) electrons. The van der Waals surface area contributed by atoms with Crippen LogP contribution in [0.25, 0.3) is 27.8 Å². The Morgan fingerprint density at radius 1 is 1.00 bits per heavy atom. The number of imidazole rings is 1. The van der Waals surface area contributed by atoms with Gasteiger partial charge >= 0.3 is 11.9 Å². The molecular formula is C27H26N2O4. The second kappa shape index (κ2) is 9.28. The van der Waals surface area contributed by atoms with Crippen molar-refractivity contribution in [1.29, 1.82) is 0 Å². The van der Waals surface area contributed by atoms with Crippen molar-refractivity contribution < 1.29 is 19.4 Å². The molecule has 1 heterocycles. The van der Waals surface area contributed by atoms with Crippen molar-refractivity contribution in [2.24, 2.45) is 0 Å². The fourth-order valence-corrected chi connectivity index (χ4v) is 4.29. The van der Waals surface area contributed by atoms with Gasteiger partial charge in [-0.1, -0.05) is 43.7 Å². The summed E-state index contributed by atoms with van der Waals surface area (Å²) in [4.78, 5) is 28.9. The zero-order chi connectivity index (χ0) is 23.5. The van der Waals surface area contributed by atoms with Crippen molar-refractivity contribution in [2.45, 2.75) is 33.1 Å². The number of carbonyl (C=O) groups is 2. The Morgan fingerprint density at radius 3 is 2.48 bits per heavy atom. The maximum absolute atomic E-state index is 12.4. The van der Waals surface area contributed by atoms with Crippen LogP contribution in [-0.2, 0) is 11.2 Å². The monoisotopic (exact) mass is 442 g/mol. The van der Waals surface area contributed by atoms with E-state index < -0.39 is 11.9 Å². The average Bonchev–Trinajstić information content (AvgIpc) is 3.17. The number of para-hydroxylation sites is 1. The summed E-state index contributed by atoms with van der Waals surface area (Å²) in [5.74, 6) is -0.614. The summed E-state index contributed by atoms with van der Waals surface area (Å²) in [6.07, 6.45) is 2.80. The lowest BCUT2D eigenvalue weighted by molar-refractivity contribution is 0.0601. The Bertz CT molecular complexity index is 1350. The minimum Gasteiger partial charge on any atom is -0.478 e. The number of hydrogen-bond acceptors (Lipinski definition) is 4. The van der Waals surface area contributed by atoms with Crippen molar-refractivity contribution >= 4 is 23.0 Å². The number of methoxy groups -OCH3 is 1. The molecule has 6 nitrogen and oxygen atoms in total. The summed E-state index contributed by atoms with van der Waals surface area (Å²) in [7, 11) is 1.37. The molecule has 0 saturated carbocycles. The third-order valence-electron chi connectivity index (χ3n) is 5.84. The molecule has 0 aliphatic heterocycles. The Kier molecular flexibility index (Phi) is 6.27. The van der Waals surface area contributed by atoms with E-state index in [2.05, 4.69) is 18.0 Å². The molecule has 33 heavy (non-hydrogen) atoms. The molecule has 4 rings (SSSR count). The lowest BCUT2D eigenvalue weighted by Crippen LogP contribution is -2.07. The van der Waals surface area contributed by atoms with Gasteiger partial charge in [-0.05, 0) is 66.8 Å². The van der Waals surface area contributed by atoms with Gasteiger partial charge in [0.2, 0.25) is 0 Å². The number of carboxylic acids is 1. The molecule has 0 spiro atoms. The van der Waals surface area contributed by atoms with Gasteiger partial charge in [0.1, 0.15) is 5.82 Å². The van der Waals surface area contributed by atoms with Crippen LogP contribution >= 0.6 is 0 Å². The van der Waals surface area contributed by atoms with E-state index in [4.69, 9.17) is 4.74 Å². The fourth-order valence-electron chi connectivity index (χ4n) is 4.29. The van der Waals surface area contributed by atoms with Crippen LogP contribution in [0.15, 0.2) is 60.7 Å². The van der Waals surface area contributed by atoms with Gasteiger partial charge in [-0.2, -0.15) is 0 Å². The number of carboxylic acid groups (broad SMARTS) is 1. The fraction of sp³-hybridized carbons (Fsp3) is 0.222. The highest BCUT2D eigenvalue weighted by molar-refractivity contribution is 6.03. The molecule has 1 aromatic heterocycles. The van der Waals surface area contributed by atoms with Crippen molar-refractivity contribution in [1.82, 2.24) is 9.55 Å². The summed E-state index contributed by atoms with van der Waals surface area (Å²) >= 11 is 0. The Balaban J connectivity index is 1.95. The number of unbranched alkanes of at least 4 members (excludes halogenated alkanes) is 1. The number of ether oxygens (including phenoxy) is 1. The van der Waals surface area contributed by atoms with E-state index in [9.17, 15) is 14.7 Å². The molecule has 0 bridgehead atoms. The molecule has 6 heteroatoms. The average molecular weight is 443 g/mol. The van der Waals surface area contributed by atoms with Gasteiger partial charge in [0.15, 0.2) is 0 Å². The number of nitrogens with zero attached hydrogens (tertiary/aromatic N) is 2. The van der Waals surface area contributed by atoms with Gasteiger partial charge in [-0.3, -0.25) is 4.57 Å². The maximum atomic E-state index is 12.4. The largest absolute Gasteiger partial charge is 0.478 e. The molecule has 0 amide bonds. The smallest absolute Gasteiger partial charge is 0.340 e. The summed E-state index contributed by atoms with van der Waals surface area (Å²) < 4.78 is 6.96. The predicted octanol–water partition coefficient (Wildman–Crippen LogP) is 5.83. The van der Waals surface area contributed by atoms with E-state index in [1.54, 1.807) is 24.3 Å². The van der Waals surface area contributed by atoms with Crippen molar-refractivity contribution in [3.63, 3.8) is 0 Å². The normalized spacial score (nSPS) is 11.0. The minimum atomic E-state index is -0.949. The van der Waals surface area contributed by atoms with Crippen LogP contribution in [-0.4, -0.2) is 33.7 Å². The highest BCUT2D eigenvalue weighted by Gasteiger charge is 2.20. The first kappa shape index (κ1) is 22.3. The van der Waals surface area contributed by atoms with E-state index in [-0.39, 0.29) is 5.56 Å². The van der Waals surface area contributed by atoms with Crippen molar-refractivity contribution in [2.75, 3.05) is 7.11 Å². The molecule has 168 valence electrons. The van der Waals surface area contributed by atoms with Crippen LogP contribution in [0, 0.1) is 6.92 Å². The van der Waals surface area contributed by atoms with Gasteiger partial charge in [0, 0.05) is 5.69 Å². The van der Waals surface area contributed by atoms with Gasteiger partial charge < -0.3 is 9.84 Å². The topological polar surface area (TPSA) is 81.4 Å². The Morgan fingerprint density at radius 2 is 1.76 bits per heavy atom. The first-order chi connectivity index (χ1) is 16.0. The first-order valence-corrected chi connectivity index (χ1v) is 11.0. The molecule has 0 atom stereocenters. The van der Waals surface area contributed by atoms with Crippen molar-refractivity contribution in [3.8, 4) is 16.8 Å². The lowest BCUT2D eigenvalue weighted by atomic mass is 9.92. The number of esters is 1. The summed E-state index contributed by atoms with van der Waals surface area (Å²) in [5, 5.41) is 9.70. The molecular weight excluding hydrogens is 416 g/mol. The number of fused-ring (bicyclic) bond motifs is 1. The number of benzene rings is 3. The molecule has 3 aromatic carbocycles. The van der Waals surface area contributed by atoms with E-state index in [1.165, 1.54) is 7.11 Å². The third-order valence-corrected chi connectivity index (χ3v) is 5.84. The van der Waals surface area contributed by atoms with E-state index in [0.29, 0.717) is 22.2 Å². The zero-order valence-corrected chi connectivity index (χ0v) is 19.0. The second-order valence-electron chi connectivity index (χ2n) is 7.96. The van der Waals surface area contributed by atoms with Gasteiger partial charge in [0.25, 0.3) is 0 Å². The molecule has 0 aliphatic carbocycles. The van der Waals surface area contributed by atoms with E-state index >= 15 is 0 Å². The number of aromatic nitrogens is 2. The Hall–Kier alpha value is -3.93. The lowest BCUT2D eigenvalue weighted by Gasteiger charge is -2.16. The third kappa shape index (κ3) is 4.12. The second-order valence-corrected chi connectivity index (χ2v) is 7.96. The quantitative estimate of drug-likeness (QED) is 0.364. The number of carbonyl (C=O) groups excluding carboxylic acids is 1. The molecule has 0 saturated heterocycles. The van der Waals surface area contributed by atoms with Crippen LogP contribution < -0.4 is 0 Å². The van der Waals surface area contributed by atoms with Crippen LogP contribution in [0.4, 0.5) is 0 Å². The highest BCUT2D eigenvalue weighted by atomic mass is 16.5. The molecule has 0 unspecified atom stereocenters. The van der Waals surface area contributed by atoms with E-state index in [1.807, 2.05) is 41.8 Å². The highest BCUT2D eigenvalue weighted by Crippen LogP contribution is 2.32. The standard InChI is InChI=1S/C27H26N2O4/c1-4-5-9-18-16-19(14-15-20(18)21-10-6-7-11-22(21)26(30)31)29-17(2)28-24-13-8-12-23(25(24)29)27(32)33-3/h6-8,10-16H,4-5,9H2,1-3H3,(H,30,31). The van der Waals surface area contributed by atoms with Crippen LogP contribution in [0.1, 0.15) is 51.9 Å². The van der Waals surface area contributed by atoms with Crippen LogP contribution in [0.5, 0.6) is 0 Å². The molecule has 1 N–H and O–H groups in total. The maximum Gasteiger partial charge on any atom is 0.340 e. The van der Waals surface area contributed by atoms with Crippen LogP contribution in [0.3, 0.4) is 0 Å². The predicted molar refractivity (Wildman–Crippen MR) is 128 cm³/mol. The minimum absolute atomic E-state index is 0.278. The molecule has 4 aromatic rings.